The van der Waals surface area contributed by atoms with Gasteiger partial charge < -0.3 is 4.74 Å². The molecule has 1 atom stereocenters. The van der Waals surface area contributed by atoms with Crippen LogP contribution in [-0.2, 0) is 21.4 Å². The fourth-order valence-electron chi connectivity index (χ4n) is 3.14. The van der Waals surface area contributed by atoms with Crippen molar-refractivity contribution >= 4 is 21.8 Å². The number of ether oxygens (including phenoxy) is 1. The van der Waals surface area contributed by atoms with E-state index in [0.717, 1.165) is 27.5 Å². The highest BCUT2D eigenvalue weighted by Crippen LogP contribution is 2.26. The maximum atomic E-state index is 12.4. The molecule has 3 rings (SSSR count). The van der Waals surface area contributed by atoms with E-state index in [1.165, 1.54) is 22.7 Å². The van der Waals surface area contributed by atoms with Crippen LogP contribution < -0.4 is 0 Å². The molecule has 0 radical (unpaired) electrons. The summed E-state index contributed by atoms with van der Waals surface area (Å²) in [6.45, 7) is 2.86. The Labute approximate surface area is 165 Å². The SMILES string of the molecule is Cc1cc(Cc2ccccc2Cl)cc(C2CN(S(=O)(=O)N(C)C)CCO2)n1. The number of hydrogen-bond acceptors (Lipinski definition) is 4. The average molecular weight is 410 g/mol. The first-order chi connectivity index (χ1) is 12.8. The molecule has 0 N–H and O–H groups in total. The molecule has 27 heavy (non-hydrogen) atoms. The van der Waals surface area contributed by atoms with Crippen LogP contribution in [0.4, 0.5) is 0 Å². The van der Waals surface area contributed by atoms with Gasteiger partial charge in [0.2, 0.25) is 0 Å². The molecule has 1 saturated heterocycles. The van der Waals surface area contributed by atoms with Crippen LogP contribution in [0, 0.1) is 6.92 Å². The van der Waals surface area contributed by atoms with E-state index in [0.29, 0.717) is 19.6 Å². The zero-order valence-electron chi connectivity index (χ0n) is 15.7. The van der Waals surface area contributed by atoms with E-state index >= 15 is 0 Å². The summed E-state index contributed by atoms with van der Waals surface area (Å²) < 4.78 is 33.4. The standard InChI is InChI=1S/C19H24ClN3O3S/c1-14-10-15(11-16-6-4-5-7-17(16)20)12-18(21-14)19-13-23(8-9-26-19)27(24,25)22(2)3/h4-7,10,12,19H,8-9,11,13H2,1-3H3. The third-order valence-corrected chi connectivity index (χ3v) is 6.81. The number of morpholine rings is 1. The van der Waals surface area contributed by atoms with Crippen molar-refractivity contribution in [3.05, 3.63) is 63.9 Å². The number of nitrogens with zero attached hydrogens (tertiary/aromatic N) is 3. The summed E-state index contributed by atoms with van der Waals surface area (Å²) in [5.41, 5.74) is 3.72. The predicted molar refractivity (Wildman–Crippen MR) is 106 cm³/mol. The molecule has 0 aliphatic carbocycles. The van der Waals surface area contributed by atoms with Crippen LogP contribution in [0.2, 0.25) is 5.02 Å². The molecule has 1 aliphatic rings. The minimum absolute atomic E-state index is 0.252. The highest BCUT2D eigenvalue weighted by molar-refractivity contribution is 7.86. The highest BCUT2D eigenvalue weighted by Gasteiger charge is 2.32. The Morgan fingerprint density at radius 2 is 2.04 bits per heavy atom. The summed E-state index contributed by atoms with van der Waals surface area (Å²) >= 11 is 6.28. The summed E-state index contributed by atoms with van der Waals surface area (Å²) in [5.74, 6) is 0. The number of pyridine rings is 1. The minimum atomic E-state index is -3.47. The van der Waals surface area contributed by atoms with Crippen LogP contribution in [0.1, 0.15) is 28.6 Å². The number of benzene rings is 1. The molecule has 1 aliphatic heterocycles. The number of aromatic nitrogens is 1. The summed E-state index contributed by atoms with van der Waals surface area (Å²) in [4.78, 5) is 4.59. The fourth-order valence-corrected chi connectivity index (χ4v) is 4.44. The Morgan fingerprint density at radius 1 is 1.30 bits per heavy atom. The summed E-state index contributed by atoms with van der Waals surface area (Å²) in [6.07, 6.45) is 0.293. The first kappa shape index (κ1) is 20.2. The van der Waals surface area contributed by atoms with E-state index in [-0.39, 0.29) is 6.54 Å². The molecule has 0 bridgehead atoms. The Hall–Kier alpha value is -1.51. The molecule has 1 fully saturated rings. The van der Waals surface area contributed by atoms with Gasteiger partial charge in [-0.05, 0) is 42.7 Å². The van der Waals surface area contributed by atoms with Crippen molar-refractivity contribution in [2.24, 2.45) is 0 Å². The molecule has 0 amide bonds. The van der Waals surface area contributed by atoms with Gasteiger partial charge in [0.05, 0.1) is 12.3 Å². The Morgan fingerprint density at radius 3 is 2.74 bits per heavy atom. The Balaban J connectivity index is 1.84. The van der Waals surface area contributed by atoms with E-state index in [1.54, 1.807) is 0 Å². The maximum absolute atomic E-state index is 12.4. The molecule has 2 aromatic rings. The van der Waals surface area contributed by atoms with Crippen molar-refractivity contribution in [2.75, 3.05) is 33.8 Å². The third kappa shape index (κ3) is 4.67. The van der Waals surface area contributed by atoms with Crippen LogP contribution >= 0.6 is 11.6 Å². The second-order valence-corrected chi connectivity index (χ2v) is 9.37. The number of hydrogen-bond donors (Lipinski definition) is 0. The Bertz CT molecular complexity index is 918. The highest BCUT2D eigenvalue weighted by atomic mass is 35.5. The van der Waals surface area contributed by atoms with Crippen LogP contribution in [0.15, 0.2) is 36.4 Å². The first-order valence-corrected chi connectivity index (χ1v) is 10.5. The van der Waals surface area contributed by atoms with Crippen molar-refractivity contribution in [3.8, 4) is 0 Å². The molecular weight excluding hydrogens is 386 g/mol. The second kappa shape index (κ2) is 8.24. The quantitative estimate of drug-likeness (QED) is 0.761. The van der Waals surface area contributed by atoms with Gasteiger partial charge in [0.1, 0.15) is 6.10 Å². The van der Waals surface area contributed by atoms with Crippen LogP contribution in [0.5, 0.6) is 0 Å². The molecule has 8 heteroatoms. The molecule has 0 saturated carbocycles. The van der Waals surface area contributed by atoms with Crippen molar-refractivity contribution in [1.82, 2.24) is 13.6 Å². The molecule has 2 heterocycles. The van der Waals surface area contributed by atoms with Gasteiger partial charge in [0.15, 0.2) is 0 Å². The molecule has 1 unspecified atom stereocenters. The van der Waals surface area contributed by atoms with Crippen molar-refractivity contribution in [3.63, 3.8) is 0 Å². The van der Waals surface area contributed by atoms with Crippen LogP contribution in [-0.4, -0.2) is 55.8 Å². The second-order valence-electron chi connectivity index (χ2n) is 6.82. The molecule has 146 valence electrons. The summed E-state index contributed by atoms with van der Waals surface area (Å²) in [6, 6.07) is 11.7. The monoisotopic (exact) mass is 409 g/mol. The predicted octanol–water partition coefficient (Wildman–Crippen LogP) is 2.81. The number of halogens is 1. The van der Waals surface area contributed by atoms with E-state index < -0.39 is 16.3 Å². The van der Waals surface area contributed by atoms with Gasteiger partial charge in [-0.1, -0.05) is 29.8 Å². The van der Waals surface area contributed by atoms with E-state index in [1.807, 2.05) is 43.3 Å². The molecular formula is C19H24ClN3O3S. The van der Waals surface area contributed by atoms with Gasteiger partial charge in [0, 0.05) is 37.9 Å². The van der Waals surface area contributed by atoms with Crippen molar-refractivity contribution in [2.45, 2.75) is 19.4 Å². The molecule has 1 aromatic heterocycles. The zero-order valence-corrected chi connectivity index (χ0v) is 17.3. The van der Waals surface area contributed by atoms with Crippen LogP contribution in [0.25, 0.3) is 0 Å². The molecule has 1 aromatic carbocycles. The lowest BCUT2D eigenvalue weighted by Gasteiger charge is -2.33. The minimum Gasteiger partial charge on any atom is -0.369 e. The van der Waals surface area contributed by atoms with E-state index in [9.17, 15) is 8.42 Å². The van der Waals surface area contributed by atoms with Gasteiger partial charge in [-0.25, -0.2) is 0 Å². The molecule has 6 nitrogen and oxygen atoms in total. The van der Waals surface area contributed by atoms with E-state index in [2.05, 4.69) is 4.98 Å². The topological polar surface area (TPSA) is 62.7 Å². The summed E-state index contributed by atoms with van der Waals surface area (Å²) in [7, 11) is -0.406. The lowest BCUT2D eigenvalue weighted by Crippen LogP contribution is -2.47. The molecule has 0 spiro atoms. The van der Waals surface area contributed by atoms with Crippen molar-refractivity contribution < 1.29 is 13.2 Å². The third-order valence-electron chi connectivity index (χ3n) is 4.53. The smallest absolute Gasteiger partial charge is 0.281 e. The van der Waals surface area contributed by atoms with Crippen LogP contribution in [0.3, 0.4) is 0 Å². The maximum Gasteiger partial charge on any atom is 0.281 e. The van der Waals surface area contributed by atoms with Crippen molar-refractivity contribution in [1.29, 1.82) is 0 Å². The van der Waals surface area contributed by atoms with Gasteiger partial charge in [0.25, 0.3) is 10.2 Å². The van der Waals surface area contributed by atoms with Gasteiger partial charge in [-0.2, -0.15) is 17.0 Å². The van der Waals surface area contributed by atoms with Gasteiger partial charge in [-0.3, -0.25) is 4.98 Å². The summed E-state index contributed by atoms with van der Waals surface area (Å²) in [5, 5.41) is 0.727. The van der Waals surface area contributed by atoms with E-state index in [4.69, 9.17) is 16.3 Å². The largest absolute Gasteiger partial charge is 0.369 e. The lowest BCUT2D eigenvalue weighted by molar-refractivity contribution is -0.00633. The van der Waals surface area contributed by atoms with Gasteiger partial charge >= 0.3 is 0 Å². The zero-order chi connectivity index (χ0) is 19.6. The van der Waals surface area contributed by atoms with Gasteiger partial charge in [-0.15, -0.1) is 0 Å². The number of aryl methyl sites for hydroxylation is 1. The Kier molecular flexibility index (Phi) is 6.18. The first-order valence-electron chi connectivity index (χ1n) is 8.77. The lowest BCUT2D eigenvalue weighted by atomic mass is 10.0. The fraction of sp³-hybridized carbons (Fsp3) is 0.421. The number of rotatable bonds is 5. The average Bonchev–Trinajstić information content (AvgIpc) is 2.63. The normalized spacial score (nSPS) is 18.8.